The first-order chi connectivity index (χ1) is 10.9. The summed E-state index contributed by atoms with van der Waals surface area (Å²) in [4.78, 5) is 5.47. The van der Waals surface area contributed by atoms with E-state index in [0.29, 0.717) is 33.2 Å². The molecule has 0 aromatic rings. The quantitative estimate of drug-likeness (QED) is 0.337. The molecule has 0 atom stereocenters. The third-order valence-electron chi connectivity index (χ3n) is 3.52. The van der Waals surface area contributed by atoms with E-state index in [4.69, 9.17) is 24.8 Å². The maximum absolute atomic E-state index is 5.88. The fraction of sp³-hybridized carbons (Fsp3) is 0.765. The molecule has 0 heterocycles. The van der Waals surface area contributed by atoms with Crippen molar-refractivity contribution < 1.29 is 19.0 Å². The smallest absolute Gasteiger partial charge is 0.122 e. The van der Waals surface area contributed by atoms with E-state index < -0.39 is 0 Å². The molecule has 0 bridgehead atoms. The number of hydrogen-bond acceptors (Lipinski definition) is 6. The van der Waals surface area contributed by atoms with Gasteiger partial charge in [0.15, 0.2) is 0 Å². The molecule has 23 heavy (non-hydrogen) atoms. The summed E-state index contributed by atoms with van der Waals surface area (Å²) in [6.45, 7) is 8.92. The number of nitrogens with zero attached hydrogens (tertiary/aromatic N) is 1. The van der Waals surface area contributed by atoms with Crippen LogP contribution in [-0.2, 0) is 19.0 Å². The molecular formula is C17H32N2O4. The van der Waals surface area contributed by atoms with E-state index in [-0.39, 0.29) is 5.60 Å². The minimum Gasteiger partial charge on any atom is -0.498 e. The molecule has 0 saturated heterocycles. The molecule has 0 spiro atoms. The van der Waals surface area contributed by atoms with E-state index in [0.717, 1.165) is 30.7 Å². The first kappa shape index (κ1) is 20.0. The maximum atomic E-state index is 5.88. The molecule has 0 unspecified atom stereocenters. The monoisotopic (exact) mass is 328 g/mol. The fourth-order valence-corrected chi connectivity index (χ4v) is 1.95. The van der Waals surface area contributed by atoms with Gasteiger partial charge in [0.1, 0.15) is 6.73 Å². The van der Waals surface area contributed by atoms with Crippen molar-refractivity contribution in [2.45, 2.75) is 45.6 Å². The highest BCUT2D eigenvalue weighted by Gasteiger charge is 2.20. The van der Waals surface area contributed by atoms with Crippen molar-refractivity contribution in [1.82, 2.24) is 5.06 Å². The van der Waals surface area contributed by atoms with Crippen LogP contribution in [0, 0.1) is 0 Å². The highest BCUT2D eigenvalue weighted by atomic mass is 16.7. The molecule has 0 aliphatic heterocycles. The Morgan fingerprint density at radius 2 is 1.96 bits per heavy atom. The average molecular weight is 328 g/mol. The SMILES string of the molecule is CCOCCON(C)COC(C)(C)CCOC1=CC=C(N)CC1. The summed E-state index contributed by atoms with van der Waals surface area (Å²) in [6.07, 6.45) is 6.41. The van der Waals surface area contributed by atoms with Gasteiger partial charge in [-0.15, -0.1) is 0 Å². The van der Waals surface area contributed by atoms with Gasteiger partial charge in [-0.3, -0.25) is 4.84 Å². The summed E-state index contributed by atoms with van der Waals surface area (Å²) < 4.78 is 16.9. The van der Waals surface area contributed by atoms with Crippen LogP contribution in [0.25, 0.3) is 0 Å². The first-order valence-electron chi connectivity index (χ1n) is 8.26. The lowest BCUT2D eigenvalue weighted by atomic mass is 10.1. The minimum absolute atomic E-state index is 0.276. The van der Waals surface area contributed by atoms with Crippen molar-refractivity contribution in [3.05, 3.63) is 23.6 Å². The molecule has 6 nitrogen and oxygen atoms in total. The minimum atomic E-state index is -0.276. The second-order valence-electron chi connectivity index (χ2n) is 6.16. The second kappa shape index (κ2) is 10.6. The van der Waals surface area contributed by atoms with E-state index in [1.54, 1.807) is 5.06 Å². The third-order valence-corrected chi connectivity index (χ3v) is 3.52. The van der Waals surface area contributed by atoms with Crippen LogP contribution in [0.4, 0.5) is 0 Å². The largest absolute Gasteiger partial charge is 0.498 e. The molecule has 2 N–H and O–H groups in total. The summed E-state index contributed by atoms with van der Waals surface area (Å²) in [5.41, 5.74) is 6.37. The highest BCUT2D eigenvalue weighted by Crippen LogP contribution is 2.19. The van der Waals surface area contributed by atoms with Gasteiger partial charge >= 0.3 is 0 Å². The molecule has 1 rings (SSSR count). The molecule has 0 radical (unpaired) electrons. The lowest BCUT2D eigenvalue weighted by Gasteiger charge is -2.28. The Kier molecular flexibility index (Phi) is 9.24. The van der Waals surface area contributed by atoms with Crippen LogP contribution in [0.15, 0.2) is 23.6 Å². The van der Waals surface area contributed by atoms with Gasteiger partial charge in [0.2, 0.25) is 0 Å². The maximum Gasteiger partial charge on any atom is 0.122 e. The topological polar surface area (TPSA) is 66.2 Å². The number of ether oxygens (including phenoxy) is 3. The highest BCUT2D eigenvalue weighted by molar-refractivity contribution is 5.18. The van der Waals surface area contributed by atoms with Crippen molar-refractivity contribution in [2.24, 2.45) is 5.73 Å². The Balaban J connectivity index is 2.15. The lowest BCUT2D eigenvalue weighted by Crippen LogP contribution is -2.33. The molecular weight excluding hydrogens is 296 g/mol. The van der Waals surface area contributed by atoms with E-state index in [2.05, 4.69) is 13.8 Å². The van der Waals surface area contributed by atoms with Crippen LogP contribution in [0.5, 0.6) is 0 Å². The van der Waals surface area contributed by atoms with Crippen molar-refractivity contribution in [3.8, 4) is 0 Å². The molecule has 0 saturated carbocycles. The second-order valence-corrected chi connectivity index (χ2v) is 6.16. The van der Waals surface area contributed by atoms with E-state index in [1.165, 1.54) is 0 Å². The predicted octanol–water partition coefficient (Wildman–Crippen LogP) is 2.57. The zero-order valence-electron chi connectivity index (χ0n) is 15.0. The summed E-state index contributed by atoms with van der Waals surface area (Å²) in [5, 5.41) is 1.68. The summed E-state index contributed by atoms with van der Waals surface area (Å²) in [5.74, 6) is 0.992. The van der Waals surface area contributed by atoms with Crippen molar-refractivity contribution in [2.75, 3.05) is 40.2 Å². The zero-order valence-corrected chi connectivity index (χ0v) is 15.0. The predicted molar refractivity (Wildman–Crippen MR) is 90.4 cm³/mol. The normalized spacial score (nSPS) is 15.5. The Morgan fingerprint density at radius 3 is 2.61 bits per heavy atom. The number of allylic oxidation sites excluding steroid dienone is 4. The van der Waals surface area contributed by atoms with Gasteiger partial charge in [0.25, 0.3) is 0 Å². The lowest BCUT2D eigenvalue weighted by molar-refractivity contribution is -0.222. The van der Waals surface area contributed by atoms with Gasteiger partial charge in [0, 0.05) is 32.2 Å². The van der Waals surface area contributed by atoms with Gasteiger partial charge in [-0.2, -0.15) is 5.06 Å². The van der Waals surface area contributed by atoms with Crippen LogP contribution in [-0.4, -0.2) is 50.9 Å². The molecule has 0 amide bonds. The van der Waals surface area contributed by atoms with E-state index >= 15 is 0 Å². The number of nitrogens with two attached hydrogens (primary N) is 1. The van der Waals surface area contributed by atoms with Gasteiger partial charge < -0.3 is 19.9 Å². The number of hydroxylamine groups is 2. The van der Waals surface area contributed by atoms with E-state index in [9.17, 15) is 0 Å². The Morgan fingerprint density at radius 1 is 1.17 bits per heavy atom. The van der Waals surface area contributed by atoms with Crippen LogP contribution in [0.3, 0.4) is 0 Å². The van der Waals surface area contributed by atoms with Crippen LogP contribution in [0.2, 0.25) is 0 Å². The van der Waals surface area contributed by atoms with Crippen molar-refractivity contribution in [3.63, 3.8) is 0 Å². The van der Waals surface area contributed by atoms with Gasteiger partial charge in [-0.1, -0.05) is 0 Å². The molecule has 0 aromatic carbocycles. The van der Waals surface area contributed by atoms with Crippen LogP contribution >= 0.6 is 0 Å². The summed E-state index contributed by atoms with van der Waals surface area (Å²) >= 11 is 0. The molecule has 1 aliphatic carbocycles. The number of rotatable bonds is 12. The van der Waals surface area contributed by atoms with E-state index in [1.807, 2.05) is 26.1 Å². The Bertz CT molecular complexity index is 394. The van der Waals surface area contributed by atoms with Gasteiger partial charge in [0.05, 0.1) is 31.2 Å². The molecule has 0 fully saturated rings. The first-order valence-corrected chi connectivity index (χ1v) is 8.26. The fourth-order valence-electron chi connectivity index (χ4n) is 1.95. The summed E-state index contributed by atoms with van der Waals surface area (Å²) in [7, 11) is 1.85. The molecule has 1 aliphatic rings. The Labute approximate surface area is 140 Å². The number of hydrogen-bond donors (Lipinski definition) is 1. The van der Waals surface area contributed by atoms with Crippen LogP contribution < -0.4 is 5.73 Å². The van der Waals surface area contributed by atoms with Crippen molar-refractivity contribution >= 4 is 0 Å². The van der Waals surface area contributed by atoms with Crippen molar-refractivity contribution in [1.29, 1.82) is 0 Å². The summed E-state index contributed by atoms with van der Waals surface area (Å²) in [6, 6.07) is 0. The molecule has 0 aromatic heterocycles. The Hall–Kier alpha value is -1.08. The zero-order chi connectivity index (χ0) is 17.1. The molecule has 134 valence electrons. The average Bonchev–Trinajstić information content (AvgIpc) is 2.51. The standard InChI is InChI=1S/C17H32N2O4/c1-5-20-12-13-23-19(4)14-22-17(2,3)10-11-21-16-8-6-15(18)7-9-16/h6,8H,5,7,9-14,18H2,1-4H3. The van der Waals surface area contributed by atoms with Gasteiger partial charge in [-0.05, 0) is 39.3 Å². The molecule has 6 heteroatoms. The van der Waals surface area contributed by atoms with Gasteiger partial charge in [-0.25, -0.2) is 0 Å². The third kappa shape index (κ3) is 9.61. The van der Waals surface area contributed by atoms with Crippen LogP contribution in [0.1, 0.15) is 40.0 Å².